The van der Waals surface area contributed by atoms with E-state index in [-0.39, 0.29) is 12.1 Å². The molecular weight excluding hydrogens is 414 g/mol. The van der Waals surface area contributed by atoms with Crippen LogP contribution in [0.2, 0.25) is 0 Å². The Hall–Kier alpha value is -2.90. The second-order valence-electron chi connectivity index (χ2n) is 9.09. The molecule has 1 fully saturated rings. The quantitative estimate of drug-likeness (QED) is 0.649. The summed E-state index contributed by atoms with van der Waals surface area (Å²) in [5.41, 5.74) is 5.54. The van der Waals surface area contributed by atoms with Gasteiger partial charge in [0.15, 0.2) is 0 Å². The third-order valence-corrected chi connectivity index (χ3v) is 7.02. The van der Waals surface area contributed by atoms with Crippen LogP contribution in [0.5, 0.6) is 0 Å². The second kappa shape index (κ2) is 9.53. The Morgan fingerprint density at radius 3 is 2.67 bits per heavy atom. The predicted octanol–water partition coefficient (Wildman–Crippen LogP) is 3.44. The first kappa shape index (κ1) is 21.9. The van der Waals surface area contributed by atoms with E-state index in [1.54, 1.807) is 4.90 Å². The number of amides is 1. The Morgan fingerprint density at radius 1 is 1.12 bits per heavy atom. The van der Waals surface area contributed by atoms with Crippen molar-refractivity contribution in [1.82, 2.24) is 19.8 Å². The van der Waals surface area contributed by atoms with Crippen LogP contribution in [0, 0.1) is 0 Å². The molecule has 0 aliphatic carbocycles. The zero-order chi connectivity index (χ0) is 22.8. The predicted molar refractivity (Wildman–Crippen MR) is 131 cm³/mol. The summed E-state index contributed by atoms with van der Waals surface area (Å²) in [4.78, 5) is 22.0. The molecule has 1 atom stereocenters. The van der Waals surface area contributed by atoms with E-state index in [1.165, 1.54) is 12.7 Å². The number of methoxy groups -OCH3 is 1. The standard InChI is InChI=1S/C26H33N5O2/c1-19-8-9-21-22(31(19)26(32)33-2)10-11-23-25(21)28-24(18-20-6-4-3-5-7-20)30(23)17-16-29-14-12-27-13-15-29/h3-7,10-11,19,27H,8-9,12-18H2,1-2H3. The minimum Gasteiger partial charge on any atom is -0.452 e. The van der Waals surface area contributed by atoms with E-state index in [9.17, 15) is 4.79 Å². The molecule has 2 aliphatic rings. The molecule has 7 nitrogen and oxygen atoms in total. The third kappa shape index (κ3) is 4.35. The number of nitrogens with one attached hydrogen (secondary N) is 1. The summed E-state index contributed by atoms with van der Waals surface area (Å²) in [6, 6.07) is 14.9. The summed E-state index contributed by atoms with van der Waals surface area (Å²) in [7, 11) is 1.45. The van der Waals surface area contributed by atoms with Gasteiger partial charge in [0.2, 0.25) is 0 Å². The van der Waals surface area contributed by atoms with E-state index in [4.69, 9.17) is 9.72 Å². The van der Waals surface area contributed by atoms with Gasteiger partial charge in [0.1, 0.15) is 5.82 Å². The molecule has 0 bridgehead atoms. The van der Waals surface area contributed by atoms with Gasteiger partial charge < -0.3 is 14.6 Å². The lowest BCUT2D eigenvalue weighted by molar-refractivity contribution is 0.175. The van der Waals surface area contributed by atoms with Crippen LogP contribution in [0.4, 0.5) is 10.5 Å². The van der Waals surface area contributed by atoms with Crippen molar-refractivity contribution in [2.75, 3.05) is 44.7 Å². The number of benzene rings is 2. The van der Waals surface area contributed by atoms with Crippen molar-refractivity contribution in [3.63, 3.8) is 0 Å². The molecule has 33 heavy (non-hydrogen) atoms. The van der Waals surface area contributed by atoms with Gasteiger partial charge in [-0.1, -0.05) is 30.3 Å². The number of piperazine rings is 1. The van der Waals surface area contributed by atoms with Crippen LogP contribution >= 0.6 is 0 Å². The molecule has 7 heteroatoms. The van der Waals surface area contributed by atoms with E-state index in [0.29, 0.717) is 0 Å². The van der Waals surface area contributed by atoms with E-state index in [2.05, 4.69) is 64.2 Å². The third-order valence-electron chi connectivity index (χ3n) is 7.02. The second-order valence-corrected chi connectivity index (χ2v) is 9.09. The highest BCUT2D eigenvalue weighted by Gasteiger charge is 2.31. The topological polar surface area (TPSA) is 62.6 Å². The summed E-state index contributed by atoms with van der Waals surface area (Å²) in [6.07, 6.45) is 2.32. The average molecular weight is 448 g/mol. The van der Waals surface area contributed by atoms with E-state index in [0.717, 1.165) is 86.6 Å². The van der Waals surface area contributed by atoms with Crippen LogP contribution in [-0.4, -0.2) is 66.4 Å². The average Bonchev–Trinajstić information content (AvgIpc) is 3.20. The Balaban J connectivity index is 1.55. The molecule has 0 radical (unpaired) electrons. The fourth-order valence-electron chi connectivity index (χ4n) is 5.19. The van der Waals surface area contributed by atoms with Crippen molar-refractivity contribution in [2.45, 2.75) is 38.8 Å². The number of carbonyl (C=O) groups excluding carboxylic acids is 1. The number of hydrogen-bond acceptors (Lipinski definition) is 5. The number of carbonyl (C=O) groups is 1. The Bertz CT molecular complexity index is 1120. The van der Waals surface area contributed by atoms with Crippen LogP contribution in [0.25, 0.3) is 11.0 Å². The van der Waals surface area contributed by atoms with Crippen molar-refractivity contribution in [2.24, 2.45) is 0 Å². The van der Waals surface area contributed by atoms with Crippen LogP contribution < -0.4 is 10.2 Å². The Kier molecular flexibility index (Phi) is 6.33. The lowest BCUT2D eigenvalue weighted by Gasteiger charge is -2.34. The molecular formula is C26H33N5O2. The maximum atomic E-state index is 12.5. The summed E-state index contributed by atoms with van der Waals surface area (Å²) in [5, 5.41) is 3.43. The maximum Gasteiger partial charge on any atom is 0.414 e. The highest BCUT2D eigenvalue weighted by Crippen LogP contribution is 2.36. The number of rotatable bonds is 5. The molecule has 3 heterocycles. The van der Waals surface area contributed by atoms with Gasteiger partial charge in [-0.3, -0.25) is 9.80 Å². The zero-order valence-electron chi connectivity index (χ0n) is 19.6. The lowest BCUT2D eigenvalue weighted by Crippen LogP contribution is -2.44. The number of nitrogens with zero attached hydrogens (tertiary/aromatic N) is 4. The highest BCUT2D eigenvalue weighted by molar-refractivity contribution is 5.95. The molecule has 2 aliphatic heterocycles. The maximum absolute atomic E-state index is 12.5. The fraction of sp³-hybridized carbons (Fsp3) is 0.462. The molecule has 1 unspecified atom stereocenters. The first-order chi connectivity index (χ1) is 16.2. The molecule has 1 saturated heterocycles. The number of aryl methyl sites for hydroxylation is 1. The first-order valence-corrected chi connectivity index (χ1v) is 12.0. The summed E-state index contributed by atoms with van der Waals surface area (Å²) in [5.74, 6) is 1.09. The van der Waals surface area contributed by atoms with Gasteiger partial charge in [0.25, 0.3) is 0 Å². The SMILES string of the molecule is COC(=O)N1c2ccc3c(nc(Cc4ccccc4)n3CCN3CCNCC3)c2CCC1C. The number of hydrogen-bond donors (Lipinski definition) is 1. The largest absolute Gasteiger partial charge is 0.452 e. The summed E-state index contributed by atoms with van der Waals surface area (Å²) >= 11 is 0. The lowest BCUT2D eigenvalue weighted by atomic mass is 9.96. The summed E-state index contributed by atoms with van der Waals surface area (Å²) in [6.45, 7) is 8.28. The van der Waals surface area contributed by atoms with Gasteiger partial charge >= 0.3 is 6.09 Å². The Labute approximate surface area is 195 Å². The van der Waals surface area contributed by atoms with Crippen molar-refractivity contribution in [3.8, 4) is 0 Å². The van der Waals surface area contributed by atoms with Gasteiger partial charge in [-0.25, -0.2) is 9.78 Å². The molecule has 174 valence electrons. The molecule has 3 aromatic rings. The van der Waals surface area contributed by atoms with E-state index in [1.807, 2.05) is 0 Å². The highest BCUT2D eigenvalue weighted by atomic mass is 16.5. The summed E-state index contributed by atoms with van der Waals surface area (Å²) < 4.78 is 7.49. The smallest absolute Gasteiger partial charge is 0.414 e. The van der Waals surface area contributed by atoms with Gasteiger partial charge in [-0.05, 0) is 37.5 Å². The fourth-order valence-corrected chi connectivity index (χ4v) is 5.19. The molecule has 5 rings (SSSR count). The number of imidazole rings is 1. The van der Waals surface area contributed by atoms with Crippen LogP contribution in [-0.2, 0) is 24.1 Å². The molecule has 1 N–H and O–H groups in total. The normalized spacial score (nSPS) is 19.0. The number of ether oxygens (including phenoxy) is 1. The molecule has 1 amide bonds. The van der Waals surface area contributed by atoms with Crippen molar-refractivity contribution in [1.29, 1.82) is 0 Å². The number of anilines is 1. The molecule has 0 saturated carbocycles. The van der Waals surface area contributed by atoms with Gasteiger partial charge in [0, 0.05) is 57.3 Å². The monoisotopic (exact) mass is 447 g/mol. The minimum absolute atomic E-state index is 0.112. The van der Waals surface area contributed by atoms with Gasteiger partial charge in [-0.2, -0.15) is 0 Å². The zero-order valence-corrected chi connectivity index (χ0v) is 19.6. The van der Waals surface area contributed by atoms with E-state index >= 15 is 0 Å². The van der Waals surface area contributed by atoms with Crippen molar-refractivity contribution in [3.05, 3.63) is 59.4 Å². The van der Waals surface area contributed by atoms with E-state index < -0.39 is 0 Å². The van der Waals surface area contributed by atoms with Gasteiger partial charge in [-0.15, -0.1) is 0 Å². The molecule has 0 spiro atoms. The van der Waals surface area contributed by atoms with Gasteiger partial charge in [0.05, 0.1) is 23.8 Å². The number of aromatic nitrogens is 2. The minimum atomic E-state index is -0.301. The van der Waals surface area contributed by atoms with Crippen LogP contribution in [0.15, 0.2) is 42.5 Å². The van der Waals surface area contributed by atoms with Crippen molar-refractivity contribution >= 4 is 22.8 Å². The number of fused-ring (bicyclic) bond motifs is 3. The Morgan fingerprint density at radius 2 is 1.91 bits per heavy atom. The van der Waals surface area contributed by atoms with Crippen LogP contribution in [0.3, 0.4) is 0 Å². The van der Waals surface area contributed by atoms with Crippen molar-refractivity contribution < 1.29 is 9.53 Å². The molecule has 1 aromatic heterocycles. The molecule has 2 aromatic carbocycles. The first-order valence-electron chi connectivity index (χ1n) is 12.0. The van der Waals surface area contributed by atoms with Crippen LogP contribution in [0.1, 0.15) is 30.3 Å².